The number of halogens is 2. The monoisotopic (exact) mass is 339 g/mol. The van der Waals surface area contributed by atoms with Gasteiger partial charge >= 0.3 is 0 Å². The minimum atomic E-state index is 0.690. The van der Waals surface area contributed by atoms with Gasteiger partial charge in [-0.2, -0.15) is 5.10 Å². The van der Waals surface area contributed by atoms with E-state index in [4.69, 9.17) is 23.2 Å². The molecule has 0 saturated heterocycles. The van der Waals surface area contributed by atoms with Crippen LogP contribution in [0.5, 0.6) is 0 Å². The van der Waals surface area contributed by atoms with Gasteiger partial charge in [-0.15, -0.1) is 0 Å². The summed E-state index contributed by atoms with van der Waals surface area (Å²) in [5, 5.41) is 5.90. The second-order valence-electron chi connectivity index (χ2n) is 5.14. The van der Waals surface area contributed by atoms with Gasteiger partial charge in [0.1, 0.15) is 0 Å². The number of hydrogen-bond donors (Lipinski definition) is 0. The second kappa shape index (κ2) is 5.69. The van der Waals surface area contributed by atoms with E-state index in [9.17, 15) is 0 Å². The summed E-state index contributed by atoms with van der Waals surface area (Å²) in [6.45, 7) is 0. The molecule has 5 heteroatoms. The lowest BCUT2D eigenvalue weighted by Crippen LogP contribution is -1.95. The first kappa shape index (κ1) is 14.2. The molecule has 4 rings (SSSR count). The number of hydrogen-bond acceptors (Lipinski definition) is 2. The van der Waals surface area contributed by atoms with Crippen LogP contribution in [0.25, 0.3) is 28.0 Å². The summed E-state index contributed by atoms with van der Waals surface area (Å²) in [7, 11) is 0. The van der Waals surface area contributed by atoms with Gasteiger partial charge in [0.05, 0.1) is 11.9 Å². The maximum atomic E-state index is 6.09. The van der Waals surface area contributed by atoms with Crippen LogP contribution >= 0.6 is 23.2 Å². The molecule has 0 radical (unpaired) electrons. The maximum absolute atomic E-state index is 6.09. The molecule has 2 heterocycles. The van der Waals surface area contributed by atoms with Crippen molar-refractivity contribution in [1.82, 2.24) is 14.6 Å². The van der Waals surface area contributed by atoms with Gasteiger partial charge < -0.3 is 0 Å². The van der Waals surface area contributed by atoms with Gasteiger partial charge in [0.2, 0.25) is 0 Å². The zero-order chi connectivity index (χ0) is 15.8. The third-order valence-electron chi connectivity index (χ3n) is 3.68. The molecule has 0 saturated carbocycles. The molecule has 0 aliphatic heterocycles. The topological polar surface area (TPSA) is 30.2 Å². The molecule has 0 aliphatic rings. The quantitative estimate of drug-likeness (QED) is 0.491. The number of nitrogens with zero attached hydrogens (tertiary/aromatic N) is 3. The Morgan fingerprint density at radius 1 is 0.826 bits per heavy atom. The second-order valence-corrected chi connectivity index (χ2v) is 6.01. The van der Waals surface area contributed by atoms with Crippen molar-refractivity contribution in [2.24, 2.45) is 0 Å². The summed E-state index contributed by atoms with van der Waals surface area (Å²) in [5.74, 6) is 0. The largest absolute Gasteiger partial charge is 0.236 e. The molecule has 3 nitrogen and oxygen atoms in total. The normalized spacial score (nSPS) is 11.0. The van der Waals surface area contributed by atoms with Crippen molar-refractivity contribution in [3.63, 3.8) is 0 Å². The van der Waals surface area contributed by atoms with Crippen molar-refractivity contribution in [1.29, 1.82) is 0 Å². The Morgan fingerprint density at radius 3 is 2.43 bits per heavy atom. The fourth-order valence-electron chi connectivity index (χ4n) is 2.59. The van der Waals surface area contributed by atoms with E-state index in [2.05, 4.69) is 10.1 Å². The van der Waals surface area contributed by atoms with Crippen LogP contribution in [0, 0.1) is 0 Å². The molecule has 0 unspecified atom stereocenters. The van der Waals surface area contributed by atoms with Gasteiger partial charge in [-0.25, -0.2) is 9.50 Å². The average molecular weight is 340 g/mol. The molecule has 0 fully saturated rings. The van der Waals surface area contributed by atoms with Crippen LogP contribution in [0.1, 0.15) is 0 Å². The van der Waals surface area contributed by atoms with Crippen LogP contribution in [0.4, 0.5) is 0 Å². The molecule has 0 N–H and O–H groups in total. The molecule has 112 valence electrons. The van der Waals surface area contributed by atoms with Crippen LogP contribution in [0.2, 0.25) is 10.0 Å². The Balaban J connectivity index is 1.91. The Morgan fingerprint density at radius 2 is 1.65 bits per heavy atom. The predicted molar refractivity (Wildman–Crippen MR) is 93.9 cm³/mol. The molecule has 0 amide bonds. The lowest BCUT2D eigenvalue weighted by molar-refractivity contribution is 0.948. The zero-order valence-corrected chi connectivity index (χ0v) is 13.5. The molecular formula is C18H11Cl2N3. The fourth-order valence-corrected chi connectivity index (χ4v) is 2.91. The lowest BCUT2D eigenvalue weighted by atomic mass is 10.1. The summed E-state index contributed by atoms with van der Waals surface area (Å²) in [6, 6.07) is 17.3. The molecule has 0 aliphatic carbocycles. The van der Waals surface area contributed by atoms with Crippen molar-refractivity contribution in [2.45, 2.75) is 0 Å². The first-order chi connectivity index (χ1) is 11.2. The number of benzene rings is 2. The maximum Gasteiger partial charge on any atom is 0.163 e. The molecule has 2 aromatic heterocycles. The van der Waals surface area contributed by atoms with Crippen molar-refractivity contribution < 1.29 is 0 Å². The van der Waals surface area contributed by atoms with Crippen LogP contribution in [-0.2, 0) is 0 Å². The summed E-state index contributed by atoms with van der Waals surface area (Å²) in [6.07, 6.45) is 3.60. The van der Waals surface area contributed by atoms with E-state index in [1.807, 2.05) is 65.3 Å². The third-order valence-corrected chi connectivity index (χ3v) is 4.16. The van der Waals surface area contributed by atoms with E-state index in [1.54, 1.807) is 6.20 Å². The highest BCUT2D eigenvalue weighted by Crippen LogP contribution is 2.28. The Hall–Kier alpha value is -2.36. The molecule has 4 aromatic rings. The predicted octanol–water partition coefficient (Wildman–Crippen LogP) is 5.37. The highest BCUT2D eigenvalue weighted by atomic mass is 35.5. The van der Waals surface area contributed by atoms with Gasteiger partial charge in [-0.3, -0.25) is 0 Å². The van der Waals surface area contributed by atoms with Gasteiger partial charge in [0.25, 0.3) is 0 Å². The van der Waals surface area contributed by atoms with Crippen molar-refractivity contribution in [2.75, 3.05) is 0 Å². The Kier molecular flexibility index (Phi) is 3.52. The summed E-state index contributed by atoms with van der Waals surface area (Å²) in [5.41, 5.74) is 4.72. The number of aromatic nitrogens is 3. The van der Waals surface area contributed by atoms with Gasteiger partial charge in [0, 0.05) is 27.4 Å². The highest BCUT2D eigenvalue weighted by molar-refractivity contribution is 6.31. The Bertz CT molecular complexity index is 991. The average Bonchev–Trinajstić information content (AvgIpc) is 3.00. The van der Waals surface area contributed by atoms with Crippen molar-refractivity contribution in [3.05, 3.63) is 77.0 Å². The lowest BCUT2D eigenvalue weighted by Gasteiger charge is -2.05. The summed E-state index contributed by atoms with van der Waals surface area (Å²) >= 11 is 12.1. The highest BCUT2D eigenvalue weighted by Gasteiger charge is 2.12. The van der Waals surface area contributed by atoms with Crippen molar-refractivity contribution >= 4 is 28.8 Å². The van der Waals surface area contributed by atoms with E-state index >= 15 is 0 Å². The Labute approximate surface area is 143 Å². The number of fused-ring (bicyclic) bond motifs is 1. The van der Waals surface area contributed by atoms with E-state index in [0.29, 0.717) is 10.0 Å². The first-order valence-corrected chi connectivity index (χ1v) is 7.82. The van der Waals surface area contributed by atoms with Gasteiger partial charge in [-0.05, 0) is 35.9 Å². The number of rotatable bonds is 2. The minimum Gasteiger partial charge on any atom is -0.236 e. The van der Waals surface area contributed by atoms with E-state index in [-0.39, 0.29) is 0 Å². The fraction of sp³-hybridized carbons (Fsp3) is 0. The third kappa shape index (κ3) is 2.58. The van der Waals surface area contributed by atoms with Gasteiger partial charge in [0.15, 0.2) is 5.65 Å². The molecule has 23 heavy (non-hydrogen) atoms. The van der Waals surface area contributed by atoms with Crippen LogP contribution in [0.3, 0.4) is 0 Å². The summed E-state index contributed by atoms with van der Waals surface area (Å²) in [4.78, 5) is 4.48. The molecule has 2 aromatic carbocycles. The minimum absolute atomic E-state index is 0.690. The molecule has 0 atom stereocenters. The van der Waals surface area contributed by atoms with E-state index < -0.39 is 0 Å². The van der Waals surface area contributed by atoms with Crippen LogP contribution < -0.4 is 0 Å². The van der Waals surface area contributed by atoms with E-state index in [1.165, 1.54) is 0 Å². The molecular weight excluding hydrogens is 329 g/mol. The SMILES string of the molecule is Clc1ccc(-c2ccnc3c(-c4cccc(Cl)c4)cnn23)cc1. The summed E-state index contributed by atoms with van der Waals surface area (Å²) < 4.78 is 1.83. The van der Waals surface area contributed by atoms with Gasteiger partial charge in [-0.1, -0.05) is 47.5 Å². The van der Waals surface area contributed by atoms with E-state index in [0.717, 1.165) is 28.0 Å². The smallest absolute Gasteiger partial charge is 0.163 e. The van der Waals surface area contributed by atoms with Crippen molar-refractivity contribution in [3.8, 4) is 22.4 Å². The van der Waals surface area contributed by atoms with Crippen LogP contribution in [0.15, 0.2) is 67.0 Å². The molecule has 0 spiro atoms. The standard InChI is InChI=1S/C18H11Cl2N3/c19-14-6-4-12(5-7-14)17-8-9-21-18-16(11-22-23(17)18)13-2-1-3-15(20)10-13/h1-11H. The van der Waals surface area contributed by atoms with Crippen LogP contribution in [-0.4, -0.2) is 14.6 Å². The zero-order valence-electron chi connectivity index (χ0n) is 11.9. The molecule has 0 bridgehead atoms. The first-order valence-electron chi connectivity index (χ1n) is 7.07.